The van der Waals surface area contributed by atoms with Crippen LogP contribution in [0.4, 0.5) is 0 Å². The molecule has 0 aliphatic rings. The molecule has 1 aromatic heterocycles. The van der Waals surface area contributed by atoms with Crippen molar-refractivity contribution in [1.29, 1.82) is 0 Å². The van der Waals surface area contributed by atoms with E-state index in [1.54, 1.807) is 0 Å². The van der Waals surface area contributed by atoms with Gasteiger partial charge in [0.05, 0.1) is 12.4 Å². The number of nitrogens with zero attached hydrogens (tertiary/aromatic N) is 2. The van der Waals surface area contributed by atoms with Gasteiger partial charge in [-0.1, -0.05) is 6.92 Å². The molecule has 0 unspecified atom stereocenters. The first-order valence-corrected chi connectivity index (χ1v) is 4.41. The van der Waals surface area contributed by atoms with E-state index < -0.39 is 0 Å². The van der Waals surface area contributed by atoms with Gasteiger partial charge in [-0.3, -0.25) is 5.10 Å². The Labute approximate surface area is 78.0 Å². The highest BCUT2D eigenvalue weighted by molar-refractivity contribution is 5.58. The van der Waals surface area contributed by atoms with Gasteiger partial charge in [-0.2, -0.15) is 5.10 Å². The zero-order valence-corrected chi connectivity index (χ0v) is 8.29. The maximum atomic E-state index is 5.47. The second-order valence-corrected chi connectivity index (χ2v) is 2.86. The number of hydrogen-bond acceptors (Lipinski definition) is 3. The van der Waals surface area contributed by atoms with Crippen LogP contribution in [0.2, 0.25) is 0 Å². The average molecular weight is 181 g/mol. The van der Waals surface area contributed by atoms with Crippen LogP contribution in [0.3, 0.4) is 0 Å². The summed E-state index contributed by atoms with van der Waals surface area (Å²) in [7, 11) is 0. The van der Waals surface area contributed by atoms with E-state index >= 15 is 0 Å². The van der Waals surface area contributed by atoms with Crippen molar-refractivity contribution in [3.63, 3.8) is 0 Å². The average Bonchev–Trinajstić information content (AvgIpc) is 2.65. The topological polar surface area (TPSA) is 50.8 Å². The van der Waals surface area contributed by atoms with E-state index in [1.807, 2.05) is 13.8 Å². The predicted molar refractivity (Wildman–Crippen MR) is 50.9 cm³/mol. The fraction of sp³-hybridized carbons (Fsp3) is 0.556. The number of H-pyrrole nitrogens is 1. The standard InChI is InChI=1S/C9H15N3O/c1-4-5-13-8(3)7(2)9-10-6-11-12-9/h6H,4-5H2,1-3H3,(H,10,11,12)/b8-7-. The Hall–Kier alpha value is -1.32. The molecule has 4 nitrogen and oxygen atoms in total. The van der Waals surface area contributed by atoms with Crippen molar-refractivity contribution >= 4 is 5.57 Å². The van der Waals surface area contributed by atoms with Crippen LogP contribution in [0.25, 0.3) is 5.57 Å². The molecule has 0 aromatic carbocycles. The Bertz CT molecular complexity index is 277. The SMILES string of the molecule is CCCO/C(C)=C(/C)c1ncn[nH]1. The van der Waals surface area contributed by atoms with Crippen LogP contribution in [-0.4, -0.2) is 21.8 Å². The maximum absolute atomic E-state index is 5.47. The smallest absolute Gasteiger partial charge is 0.154 e. The summed E-state index contributed by atoms with van der Waals surface area (Å²) in [6.07, 6.45) is 2.51. The molecule has 1 aromatic rings. The molecule has 0 aliphatic heterocycles. The molecular formula is C9H15N3O. The van der Waals surface area contributed by atoms with Crippen molar-refractivity contribution in [3.8, 4) is 0 Å². The Kier molecular flexibility index (Phi) is 3.49. The summed E-state index contributed by atoms with van der Waals surface area (Å²) in [5.41, 5.74) is 1.01. The Morgan fingerprint density at radius 3 is 2.85 bits per heavy atom. The van der Waals surface area contributed by atoms with Crippen molar-refractivity contribution in [3.05, 3.63) is 17.9 Å². The van der Waals surface area contributed by atoms with Crippen molar-refractivity contribution < 1.29 is 4.74 Å². The van der Waals surface area contributed by atoms with Gasteiger partial charge in [0.15, 0.2) is 5.82 Å². The second kappa shape index (κ2) is 4.64. The summed E-state index contributed by atoms with van der Waals surface area (Å²) in [5.74, 6) is 1.67. The summed E-state index contributed by atoms with van der Waals surface area (Å²) in [4.78, 5) is 4.04. The monoisotopic (exact) mass is 181 g/mol. The van der Waals surface area contributed by atoms with Crippen LogP contribution in [0.5, 0.6) is 0 Å². The number of aromatic nitrogens is 3. The zero-order chi connectivity index (χ0) is 9.68. The van der Waals surface area contributed by atoms with Crippen LogP contribution < -0.4 is 0 Å². The van der Waals surface area contributed by atoms with Crippen molar-refractivity contribution in [2.45, 2.75) is 27.2 Å². The van der Waals surface area contributed by atoms with Crippen LogP contribution in [0.15, 0.2) is 12.1 Å². The van der Waals surface area contributed by atoms with Crippen LogP contribution in [0.1, 0.15) is 33.0 Å². The summed E-state index contributed by atoms with van der Waals surface area (Å²) in [5, 5.41) is 6.58. The quantitative estimate of drug-likeness (QED) is 0.722. The Morgan fingerprint density at radius 2 is 2.31 bits per heavy atom. The normalized spacial score (nSPS) is 12.5. The second-order valence-electron chi connectivity index (χ2n) is 2.86. The van der Waals surface area contributed by atoms with Crippen molar-refractivity contribution in [2.24, 2.45) is 0 Å². The number of allylic oxidation sites excluding steroid dienone is 2. The van der Waals surface area contributed by atoms with Crippen molar-refractivity contribution in [1.82, 2.24) is 15.2 Å². The molecule has 0 atom stereocenters. The molecule has 1 N–H and O–H groups in total. The largest absolute Gasteiger partial charge is 0.498 e. The molecule has 0 radical (unpaired) electrons. The van der Waals surface area contributed by atoms with E-state index in [0.29, 0.717) is 0 Å². The minimum Gasteiger partial charge on any atom is -0.498 e. The van der Waals surface area contributed by atoms with Crippen molar-refractivity contribution in [2.75, 3.05) is 6.61 Å². The molecule has 0 saturated carbocycles. The third-order valence-corrected chi connectivity index (χ3v) is 1.82. The lowest BCUT2D eigenvalue weighted by Crippen LogP contribution is -1.94. The highest BCUT2D eigenvalue weighted by Gasteiger charge is 2.03. The van der Waals surface area contributed by atoms with Gasteiger partial charge in [0.1, 0.15) is 6.33 Å². The number of hydrogen-bond donors (Lipinski definition) is 1. The van der Waals surface area contributed by atoms with Crippen LogP contribution >= 0.6 is 0 Å². The van der Waals surface area contributed by atoms with Gasteiger partial charge in [-0.15, -0.1) is 0 Å². The summed E-state index contributed by atoms with van der Waals surface area (Å²) >= 11 is 0. The molecule has 72 valence electrons. The minimum atomic E-state index is 0.747. The molecule has 0 aliphatic carbocycles. The Morgan fingerprint density at radius 1 is 1.54 bits per heavy atom. The molecule has 13 heavy (non-hydrogen) atoms. The van der Waals surface area contributed by atoms with E-state index in [1.165, 1.54) is 6.33 Å². The van der Waals surface area contributed by atoms with Gasteiger partial charge < -0.3 is 4.74 Å². The first kappa shape index (κ1) is 9.77. The summed E-state index contributed by atoms with van der Waals surface area (Å²) in [6.45, 7) is 6.73. The molecule has 1 heterocycles. The lowest BCUT2D eigenvalue weighted by Gasteiger charge is -2.06. The molecule has 0 fully saturated rings. The minimum absolute atomic E-state index is 0.747. The highest BCUT2D eigenvalue weighted by atomic mass is 16.5. The number of aromatic amines is 1. The zero-order valence-electron chi connectivity index (χ0n) is 8.29. The third-order valence-electron chi connectivity index (χ3n) is 1.82. The van der Waals surface area contributed by atoms with E-state index in [4.69, 9.17) is 4.74 Å². The lowest BCUT2D eigenvalue weighted by molar-refractivity contribution is 0.216. The van der Waals surface area contributed by atoms with Gasteiger partial charge >= 0.3 is 0 Å². The molecule has 0 spiro atoms. The van der Waals surface area contributed by atoms with Gasteiger partial charge in [-0.05, 0) is 20.3 Å². The molecular weight excluding hydrogens is 166 g/mol. The van der Waals surface area contributed by atoms with E-state index in [2.05, 4.69) is 22.1 Å². The summed E-state index contributed by atoms with van der Waals surface area (Å²) < 4.78 is 5.47. The van der Waals surface area contributed by atoms with E-state index in [0.717, 1.165) is 30.2 Å². The van der Waals surface area contributed by atoms with Gasteiger partial charge in [0.25, 0.3) is 0 Å². The van der Waals surface area contributed by atoms with Crippen LogP contribution in [-0.2, 0) is 4.74 Å². The third kappa shape index (κ3) is 2.57. The Balaban J connectivity index is 2.68. The molecule has 0 saturated heterocycles. The first-order chi connectivity index (χ1) is 6.25. The summed E-state index contributed by atoms with van der Waals surface area (Å²) in [6, 6.07) is 0. The maximum Gasteiger partial charge on any atom is 0.154 e. The fourth-order valence-electron chi connectivity index (χ4n) is 0.916. The fourth-order valence-corrected chi connectivity index (χ4v) is 0.916. The van der Waals surface area contributed by atoms with E-state index in [-0.39, 0.29) is 0 Å². The van der Waals surface area contributed by atoms with Gasteiger partial charge in [-0.25, -0.2) is 4.98 Å². The molecule has 0 amide bonds. The molecule has 0 bridgehead atoms. The first-order valence-electron chi connectivity index (χ1n) is 4.41. The number of ether oxygens (including phenoxy) is 1. The van der Waals surface area contributed by atoms with Gasteiger partial charge in [0, 0.05) is 5.57 Å². The lowest BCUT2D eigenvalue weighted by atomic mass is 10.2. The number of rotatable bonds is 4. The number of nitrogens with one attached hydrogen (secondary N) is 1. The van der Waals surface area contributed by atoms with E-state index in [9.17, 15) is 0 Å². The predicted octanol–water partition coefficient (Wildman–Crippen LogP) is 1.98. The molecule has 1 rings (SSSR count). The molecule has 4 heteroatoms. The van der Waals surface area contributed by atoms with Crippen LogP contribution in [0, 0.1) is 0 Å². The van der Waals surface area contributed by atoms with Gasteiger partial charge in [0.2, 0.25) is 0 Å². The highest BCUT2D eigenvalue weighted by Crippen LogP contribution is 2.13.